The SMILES string of the molecule is CC(=O)Oc1ccc(OC(F)(F)Cl)cc1. The summed E-state index contributed by atoms with van der Waals surface area (Å²) in [5.41, 5.74) is -3.75. The first-order valence-electron chi connectivity index (χ1n) is 3.91. The molecule has 0 saturated carbocycles. The maximum Gasteiger partial charge on any atom is 0.487 e. The highest BCUT2D eigenvalue weighted by molar-refractivity contribution is 6.20. The number of hydrogen-bond donors (Lipinski definition) is 0. The van der Waals surface area contributed by atoms with Gasteiger partial charge in [-0.3, -0.25) is 4.79 Å². The van der Waals surface area contributed by atoms with Gasteiger partial charge in [0.05, 0.1) is 0 Å². The number of alkyl halides is 3. The standard InChI is InChI=1S/C9H7ClF2O3/c1-6(13)14-7-2-4-8(5-3-7)15-9(10,11)12/h2-5H,1H3. The van der Waals surface area contributed by atoms with Gasteiger partial charge in [0, 0.05) is 18.5 Å². The molecule has 0 aliphatic rings. The number of carbonyl (C=O) groups excluding carboxylic acids is 1. The van der Waals surface area contributed by atoms with Gasteiger partial charge in [0.25, 0.3) is 0 Å². The molecule has 1 rings (SSSR count). The lowest BCUT2D eigenvalue weighted by Gasteiger charge is -2.10. The number of esters is 1. The van der Waals surface area contributed by atoms with Crippen molar-refractivity contribution < 1.29 is 23.0 Å². The van der Waals surface area contributed by atoms with Crippen molar-refractivity contribution in [2.45, 2.75) is 12.5 Å². The van der Waals surface area contributed by atoms with Gasteiger partial charge in [-0.1, -0.05) is 0 Å². The number of benzene rings is 1. The molecule has 0 spiro atoms. The zero-order valence-corrected chi connectivity index (χ0v) is 8.42. The topological polar surface area (TPSA) is 35.5 Å². The Labute approximate surface area is 89.5 Å². The van der Waals surface area contributed by atoms with Gasteiger partial charge in [0.2, 0.25) is 0 Å². The van der Waals surface area contributed by atoms with E-state index in [9.17, 15) is 13.6 Å². The van der Waals surface area contributed by atoms with E-state index in [1.807, 2.05) is 0 Å². The molecule has 0 amide bonds. The molecule has 0 aliphatic heterocycles. The predicted molar refractivity (Wildman–Crippen MR) is 49.2 cm³/mol. The van der Waals surface area contributed by atoms with E-state index in [1.165, 1.54) is 31.2 Å². The van der Waals surface area contributed by atoms with Crippen LogP contribution < -0.4 is 9.47 Å². The minimum atomic E-state index is -3.75. The molecule has 0 unspecified atom stereocenters. The Kier molecular flexibility index (Phi) is 3.47. The van der Waals surface area contributed by atoms with Crippen molar-refractivity contribution in [3.05, 3.63) is 24.3 Å². The summed E-state index contributed by atoms with van der Waals surface area (Å²) >= 11 is 4.55. The molecule has 0 heterocycles. The molecule has 3 nitrogen and oxygen atoms in total. The summed E-state index contributed by atoms with van der Waals surface area (Å²) in [5.74, 6) is -0.370. The van der Waals surface area contributed by atoms with Gasteiger partial charge in [-0.05, 0) is 24.3 Å². The highest BCUT2D eigenvalue weighted by Crippen LogP contribution is 2.26. The number of hydrogen-bond acceptors (Lipinski definition) is 3. The van der Waals surface area contributed by atoms with Crippen molar-refractivity contribution >= 4 is 17.6 Å². The van der Waals surface area contributed by atoms with E-state index in [4.69, 9.17) is 0 Å². The van der Waals surface area contributed by atoms with Crippen LogP contribution in [0.5, 0.6) is 11.5 Å². The van der Waals surface area contributed by atoms with Gasteiger partial charge in [-0.15, -0.1) is 8.78 Å². The quantitative estimate of drug-likeness (QED) is 0.460. The van der Waals surface area contributed by atoms with Crippen LogP contribution in [0.1, 0.15) is 6.92 Å². The van der Waals surface area contributed by atoms with Crippen LogP contribution in [0.3, 0.4) is 0 Å². The van der Waals surface area contributed by atoms with Crippen molar-refractivity contribution in [3.8, 4) is 11.5 Å². The lowest BCUT2D eigenvalue weighted by Crippen LogP contribution is -2.15. The van der Waals surface area contributed by atoms with E-state index >= 15 is 0 Å². The molecule has 0 aliphatic carbocycles. The van der Waals surface area contributed by atoms with Crippen LogP contribution in [0.25, 0.3) is 0 Å². The van der Waals surface area contributed by atoms with Crippen LogP contribution in [0, 0.1) is 0 Å². The van der Waals surface area contributed by atoms with Crippen molar-refractivity contribution in [2.24, 2.45) is 0 Å². The summed E-state index contributed by atoms with van der Waals surface area (Å²) in [7, 11) is 0. The van der Waals surface area contributed by atoms with E-state index in [0.717, 1.165) is 0 Å². The molecule has 0 aromatic heterocycles. The zero-order valence-electron chi connectivity index (χ0n) is 7.67. The molecular formula is C9H7ClF2O3. The fourth-order valence-electron chi connectivity index (χ4n) is 0.875. The third-order valence-corrected chi connectivity index (χ3v) is 1.40. The molecule has 1 aromatic rings. The number of rotatable bonds is 3. The smallest absolute Gasteiger partial charge is 0.427 e. The number of ether oxygens (including phenoxy) is 2. The fraction of sp³-hybridized carbons (Fsp3) is 0.222. The average Bonchev–Trinajstić information content (AvgIpc) is 2.05. The highest BCUT2D eigenvalue weighted by atomic mass is 35.5. The molecule has 0 saturated heterocycles. The first-order chi connectivity index (χ1) is 6.87. The summed E-state index contributed by atoms with van der Waals surface area (Å²) in [4.78, 5) is 10.5. The van der Waals surface area contributed by atoms with Crippen LogP contribution in [0.2, 0.25) is 0 Å². The number of carbonyl (C=O) groups is 1. The highest BCUT2D eigenvalue weighted by Gasteiger charge is 2.27. The molecule has 0 N–H and O–H groups in total. The van der Waals surface area contributed by atoms with Crippen LogP contribution in [0.4, 0.5) is 8.78 Å². The molecule has 0 radical (unpaired) electrons. The first-order valence-corrected chi connectivity index (χ1v) is 4.29. The van der Waals surface area contributed by atoms with Gasteiger partial charge in [-0.2, -0.15) is 0 Å². The molecule has 1 aromatic carbocycles. The fourth-order valence-corrected chi connectivity index (χ4v) is 0.964. The van der Waals surface area contributed by atoms with Crippen LogP contribution >= 0.6 is 11.6 Å². The van der Waals surface area contributed by atoms with Crippen molar-refractivity contribution in [1.29, 1.82) is 0 Å². The molecule has 0 atom stereocenters. The van der Waals surface area contributed by atoms with Crippen LogP contribution in [0.15, 0.2) is 24.3 Å². The van der Waals surface area contributed by atoms with Crippen LogP contribution in [-0.4, -0.2) is 11.5 Å². The Morgan fingerprint density at radius 1 is 1.27 bits per heavy atom. The molecular weight excluding hydrogens is 230 g/mol. The normalized spacial score (nSPS) is 10.9. The van der Waals surface area contributed by atoms with Crippen LogP contribution in [-0.2, 0) is 4.79 Å². The summed E-state index contributed by atoms with van der Waals surface area (Å²) in [5, 5.41) is 0. The summed E-state index contributed by atoms with van der Waals surface area (Å²) in [6.45, 7) is 1.23. The minimum absolute atomic E-state index is 0.120. The maximum atomic E-state index is 12.2. The Balaban J connectivity index is 2.68. The predicted octanol–water partition coefficient (Wildman–Crippen LogP) is 2.78. The molecule has 15 heavy (non-hydrogen) atoms. The Morgan fingerprint density at radius 3 is 2.13 bits per heavy atom. The third kappa shape index (κ3) is 4.60. The monoisotopic (exact) mass is 236 g/mol. The summed E-state index contributed by atoms with van der Waals surface area (Å²) < 4.78 is 33.1. The summed E-state index contributed by atoms with van der Waals surface area (Å²) in [6, 6.07) is 5.07. The summed E-state index contributed by atoms with van der Waals surface area (Å²) in [6.07, 6.45) is 0. The second-order valence-electron chi connectivity index (χ2n) is 2.61. The lowest BCUT2D eigenvalue weighted by atomic mass is 10.3. The lowest BCUT2D eigenvalue weighted by molar-refractivity contribution is -0.131. The van der Waals surface area contributed by atoms with E-state index in [0.29, 0.717) is 0 Å². The average molecular weight is 237 g/mol. The minimum Gasteiger partial charge on any atom is -0.427 e. The van der Waals surface area contributed by atoms with E-state index in [2.05, 4.69) is 21.1 Å². The largest absolute Gasteiger partial charge is 0.487 e. The molecule has 6 heteroatoms. The Bertz CT molecular complexity index is 345. The second-order valence-corrected chi connectivity index (χ2v) is 3.05. The molecule has 0 bridgehead atoms. The third-order valence-electron chi connectivity index (χ3n) is 1.32. The number of halogens is 3. The Morgan fingerprint density at radius 2 is 1.73 bits per heavy atom. The van der Waals surface area contributed by atoms with E-state index < -0.39 is 11.5 Å². The van der Waals surface area contributed by atoms with Crippen molar-refractivity contribution in [2.75, 3.05) is 0 Å². The van der Waals surface area contributed by atoms with Gasteiger partial charge >= 0.3 is 11.5 Å². The van der Waals surface area contributed by atoms with Gasteiger partial charge < -0.3 is 9.47 Å². The molecule has 0 fully saturated rings. The van der Waals surface area contributed by atoms with Crippen molar-refractivity contribution in [1.82, 2.24) is 0 Å². The van der Waals surface area contributed by atoms with Gasteiger partial charge in [0.15, 0.2) is 0 Å². The first kappa shape index (κ1) is 11.7. The second kappa shape index (κ2) is 4.44. The van der Waals surface area contributed by atoms with E-state index in [-0.39, 0.29) is 11.5 Å². The van der Waals surface area contributed by atoms with Gasteiger partial charge in [0.1, 0.15) is 11.5 Å². The zero-order chi connectivity index (χ0) is 11.5. The Hall–Kier alpha value is -1.36. The molecule has 82 valence electrons. The van der Waals surface area contributed by atoms with E-state index in [1.54, 1.807) is 0 Å². The van der Waals surface area contributed by atoms with Gasteiger partial charge in [-0.25, -0.2) is 0 Å². The maximum absolute atomic E-state index is 12.2. The van der Waals surface area contributed by atoms with Crippen molar-refractivity contribution in [3.63, 3.8) is 0 Å².